The van der Waals surface area contributed by atoms with Gasteiger partial charge in [0.15, 0.2) is 0 Å². The van der Waals surface area contributed by atoms with Crippen molar-refractivity contribution in [1.82, 2.24) is 4.31 Å². The molecule has 0 aromatic heterocycles. The van der Waals surface area contributed by atoms with Crippen LogP contribution in [-0.2, 0) is 10.4 Å². The number of nitrogens with zero attached hydrogens (tertiary/aromatic N) is 1. The lowest BCUT2D eigenvalue weighted by Gasteiger charge is -2.07. The fourth-order valence-electron chi connectivity index (χ4n) is 0.364. The molecule has 0 aliphatic rings. The number of halogens is 2. The summed E-state index contributed by atoms with van der Waals surface area (Å²) in [5.41, 5.74) is 0. The van der Waals surface area contributed by atoms with Crippen molar-refractivity contribution in [3.63, 3.8) is 0 Å². The molecular formula is C3H5F2NO3S. The highest BCUT2D eigenvalue weighted by Gasteiger charge is 2.24. The maximum absolute atomic E-state index is 11.7. The summed E-state index contributed by atoms with van der Waals surface area (Å²) in [6.07, 6.45) is -2.31. The normalized spacial score (nSPS) is 11.1. The van der Waals surface area contributed by atoms with Gasteiger partial charge in [0.05, 0.1) is 0 Å². The zero-order valence-electron chi connectivity index (χ0n) is 5.04. The molecule has 10 heavy (non-hydrogen) atoms. The number of carbonyl (C=O) groups is 1. The summed E-state index contributed by atoms with van der Waals surface area (Å²) in [6.45, 7) is 0.586. The predicted octanol–water partition coefficient (Wildman–Crippen LogP) is 0.612. The lowest BCUT2D eigenvalue weighted by molar-refractivity contribution is 0.201. The Bertz CT molecular complexity index is 224. The van der Waals surface area contributed by atoms with Crippen molar-refractivity contribution >= 4 is 16.6 Å². The Balaban J connectivity index is 4.55. The van der Waals surface area contributed by atoms with Gasteiger partial charge >= 0.3 is 16.6 Å². The Labute approximate surface area is 56.8 Å². The Morgan fingerprint density at radius 1 is 1.60 bits per heavy atom. The van der Waals surface area contributed by atoms with E-state index in [-0.39, 0.29) is 0 Å². The average Bonchev–Trinajstić information content (AvgIpc) is 1.60. The zero-order chi connectivity index (χ0) is 8.36. The van der Waals surface area contributed by atoms with Gasteiger partial charge in [-0.3, -0.25) is 0 Å². The molecule has 0 aliphatic carbocycles. The Kier molecular flexibility index (Phi) is 2.70. The van der Waals surface area contributed by atoms with E-state index in [1.54, 1.807) is 0 Å². The fourth-order valence-corrected chi connectivity index (χ4v) is 0.844. The van der Waals surface area contributed by atoms with Crippen LogP contribution < -0.4 is 0 Å². The van der Waals surface area contributed by atoms with Crippen LogP contribution in [0.15, 0.2) is 0 Å². The molecule has 0 N–H and O–H groups in total. The Morgan fingerprint density at radius 3 is 2.00 bits per heavy atom. The van der Waals surface area contributed by atoms with Gasteiger partial charge in [0.25, 0.3) is 0 Å². The molecule has 0 spiro atoms. The molecule has 0 atom stereocenters. The smallest absolute Gasteiger partial charge is 0.233 e. The van der Waals surface area contributed by atoms with Gasteiger partial charge in [-0.05, 0) is 6.92 Å². The third kappa shape index (κ3) is 2.26. The van der Waals surface area contributed by atoms with E-state index >= 15 is 0 Å². The van der Waals surface area contributed by atoms with E-state index in [9.17, 15) is 21.5 Å². The summed E-state index contributed by atoms with van der Waals surface area (Å²) in [5.74, 6) is 0. The summed E-state index contributed by atoms with van der Waals surface area (Å²) in [5, 5.41) is 0. The minimum Gasteiger partial charge on any atom is -0.233 e. The van der Waals surface area contributed by atoms with Crippen LogP contribution in [0.2, 0.25) is 0 Å². The van der Waals surface area contributed by atoms with Crippen molar-refractivity contribution < 1.29 is 21.5 Å². The number of amides is 1. The van der Waals surface area contributed by atoms with Crippen molar-refractivity contribution in [2.24, 2.45) is 0 Å². The second kappa shape index (κ2) is 2.91. The van der Waals surface area contributed by atoms with Crippen LogP contribution in [0.25, 0.3) is 0 Å². The summed E-state index contributed by atoms with van der Waals surface area (Å²) in [7, 11) is -5.21. The van der Waals surface area contributed by atoms with E-state index < -0.39 is 27.4 Å². The van der Waals surface area contributed by atoms with Gasteiger partial charge in [-0.2, -0.15) is 12.7 Å². The highest BCUT2D eigenvalue weighted by molar-refractivity contribution is 7.84. The topological polar surface area (TPSA) is 54.5 Å². The molecule has 0 aromatic rings. The maximum atomic E-state index is 11.7. The van der Waals surface area contributed by atoms with Crippen LogP contribution in [0.3, 0.4) is 0 Å². The number of rotatable bonds is 2. The van der Waals surface area contributed by atoms with Crippen LogP contribution in [0, 0.1) is 0 Å². The van der Waals surface area contributed by atoms with Crippen LogP contribution in [0.1, 0.15) is 6.92 Å². The standard InChI is InChI=1S/C3H5F2NO3S/c1-2-6(3(4)7)10(5,8)9/h2H2,1H3. The van der Waals surface area contributed by atoms with Crippen LogP contribution in [0.5, 0.6) is 0 Å². The van der Waals surface area contributed by atoms with Crippen molar-refractivity contribution in [2.45, 2.75) is 6.92 Å². The van der Waals surface area contributed by atoms with E-state index in [4.69, 9.17) is 0 Å². The van der Waals surface area contributed by atoms with E-state index in [2.05, 4.69) is 0 Å². The highest BCUT2D eigenvalue weighted by atomic mass is 32.3. The average molecular weight is 173 g/mol. The molecule has 0 aliphatic heterocycles. The van der Waals surface area contributed by atoms with Crippen molar-refractivity contribution in [2.75, 3.05) is 6.54 Å². The molecular weight excluding hydrogens is 168 g/mol. The highest BCUT2D eigenvalue weighted by Crippen LogP contribution is 2.03. The Hall–Kier alpha value is -0.720. The van der Waals surface area contributed by atoms with Crippen LogP contribution in [0.4, 0.5) is 13.1 Å². The van der Waals surface area contributed by atoms with Gasteiger partial charge < -0.3 is 0 Å². The first-order chi connectivity index (χ1) is 4.39. The largest absolute Gasteiger partial charge is 0.415 e. The van der Waals surface area contributed by atoms with Crippen LogP contribution in [-0.4, -0.2) is 25.4 Å². The molecule has 0 bridgehead atoms. The molecule has 0 radical (unpaired) electrons. The summed E-state index contributed by atoms with van der Waals surface area (Å²) >= 11 is 0. The number of carbonyl (C=O) groups excluding carboxylic acids is 1. The van der Waals surface area contributed by atoms with Crippen LogP contribution >= 0.6 is 0 Å². The fraction of sp³-hybridized carbons (Fsp3) is 0.667. The van der Waals surface area contributed by atoms with Crippen molar-refractivity contribution in [1.29, 1.82) is 0 Å². The minimum absolute atomic E-state index is 0.521. The molecule has 0 saturated heterocycles. The summed E-state index contributed by atoms with van der Waals surface area (Å²) in [4.78, 5) is 9.66. The van der Waals surface area contributed by atoms with E-state index in [1.807, 2.05) is 0 Å². The van der Waals surface area contributed by atoms with E-state index in [0.29, 0.717) is 0 Å². The quantitative estimate of drug-likeness (QED) is 0.454. The first kappa shape index (κ1) is 9.28. The van der Waals surface area contributed by atoms with E-state index in [1.165, 1.54) is 0 Å². The Morgan fingerprint density at radius 2 is 2.00 bits per heavy atom. The summed E-state index contributed by atoms with van der Waals surface area (Å²) in [6, 6.07) is 0. The molecule has 0 aromatic carbocycles. The zero-order valence-corrected chi connectivity index (χ0v) is 5.86. The molecule has 0 fully saturated rings. The molecule has 1 amide bonds. The molecule has 7 heteroatoms. The van der Waals surface area contributed by atoms with Gasteiger partial charge in [-0.15, -0.1) is 4.39 Å². The lowest BCUT2D eigenvalue weighted by Crippen LogP contribution is -2.30. The first-order valence-corrected chi connectivity index (χ1v) is 3.65. The van der Waals surface area contributed by atoms with Gasteiger partial charge in [0, 0.05) is 6.54 Å². The summed E-state index contributed by atoms with van der Waals surface area (Å²) < 4.78 is 42.4. The third-order valence-electron chi connectivity index (χ3n) is 0.747. The molecule has 0 unspecified atom stereocenters. The van der Waals surface area contributed by atoms with Gasteiger partial charge in [0.1, 0.15) is 0 Å². The molecule has 0 heterocycles. The predicted molar refractivity (Wildman–Crippen MR) is 28.9 cm³/mol. The molecule has 4 nitrogen and oxygen atoms in total. The van der Waals surface area contributed by atoms with Crippen molar-refractivity contribution in [3.8, 4) is 0 Å². The van der Waals surface area contributed by atoms with Gasteiger partial charge in [-0.1, -0.05) is 3.89 Å². The molecule has 60 valence electrons. The molecule has 0 saturated carbocycles. The number of hydrogen-bond acceptors (Lipinski definition) is 3. The lowest BCUT2D eigenvalue weighted by atomic mass is 10.8. The SMILES string of the molecule is CCN(C(=O)F)S(=O)(=O)F. The van der Waals surface area contributed by atoms with Gasteiger partial charge in [-0.25, -0.2) is 4.79 Å². The third-order valence-corrected chi connectivity index (χ3v) is 1.67. The second-order valence-corrected chi connectivity index (χ2v) is 2.62. The minimum atomic E-state index is -5.21. The number of hydrogen-bond donors (Lipinski definition) is 0. The molecule has 0 rings (SSSR count). The first-order valence-electron chi connectivity index (χ1n) is 2.31. The van der Waals surface area contributed by atoms with E-state index in [0.717, 1.165) is 6.92 Å². The van der Waals surface area contributed by atoms with Crippen molar-refractivity contribution in [3.05, 3.63) is 0 Å². The second-order valence-electron chi connectivity index (χ2n) is 1.36. The maximum Gasteiger partial charge on any atom is 0.415 e. The van der Waals surface area contributed by atoms with Gasteiger partial charge in [0.2, 0.25) is 0 Å². The monoisotopic (exact) mass is 173 g/mol.